The average Bonchev–Trinajstić information content (AvgIpc) is 2.75. The number of nitrogens with zero attached hydrogens (tertiary/aromatic N) is 1. The summed E-state index contributed by atoms with van der Waals surface area (Å²) in [5.74, 6) is 0.269. The lowest BCUT2D eigenvalue weighted by molar-refractivity contribution is 0.0984. The number of fused-ring (bicyclic) bond motifs is 1. The molecule has 0 aliphatic carbocycles. The molecule has 0 amide bonds. The molecule has 2 nitrogen and oxygen atoms in total. The van der Waals surface area contributed by atoms with E-state index in [1.807, 2.05) is 18.2 Å². The number of benzene rings is 1. The molecule has 3 rings (SSSR count). The summed E-state index contributed by atoms with van der Waals surface area (Å²) in [6.45, 7) is 1.82. The zero-order valence-electron chi connectivity index (χ0n) is 10.4. The fourth-order valence-electron chi connectivity index (χ4n) is 2.46. The second-order valence-corrected chi connectivity index (χ2v) is 6.61. The fraction of sp³-hybridized carbons (Fsp3) is 0.267. The van der Waals surface area contributed by atoms with Crippen molar-refractivity contribution in [2.45, 2.75) is 19.4 Å². The van der Waals surface area contributed by atoms with E-state index in [9.17, 15) is 4.79 Å². The number of hydrogen-bond donors (Lipinski definition) is 0. The van der Waals surface area contributed by atoms with Crippen molar-refractivity contribution >= 4 is 38.7 Å². The number of ketones is 1. The van der Waals surface area contributed by atoms with Crippen molar-refractivity contribution in [1.29, 1.82) is 0 Å². The molecular formula is C15H14BrNOS. The SMILES string of the molecule is O=C1CCCN(Cc2cc(Br)cs2)c2ccccc21. The molecule has 1 aliphatic rings. The molecule has 1 aromatic heterocycles. The maximum Gasteiger partial charge on any atom is 0.165 e. The van der Waals surface area contributed by atoms with Gasteiger partial charge in [0.25, 0.3) is 0 Å². The van der Waals surface area contributed by atoms with Gasteiger partial charge in [0.05, 0.1) is 6.54 Å². The van der Waals surface area contributed by atoms with E-state index in [4.69, 9.17) is 0 Å². The van der Waals surface area contributed by atoms with Gasteiger partial charge < -0.3 is 4.90 Å². The van der Waals surface area contributed by atoms with Crippen molar-refractivity contribution in [3.63, 3.8) is 0 Å². The van der Waals surface area contributed by atoms with Crippen LogP contribution in [0.25, 0.3) is 0 Å². The summed E-state index contributed by atoms with van der Waals surface area (Å²) in [7, 11) is 0. The third-order valence-electron chi connectivity index (χ3n) is 3.35. The van der Waals surface area contributed by atoms with Crippen LogP contribution >= 0.6 is 27.3 Å². The highest BCUT2D eigenvalue weighted by Gasteiger charge is 2.20. The molecule has 0 radical (unpaired) electrons. The van der Waals surface area contributed by atoms with Crippen LogP contribution in [-0.2, 0) is 6.54 Å². The molecule has 19 heavy (non-hydrogen) atoms. The van der Waals surface area contributed by atoms with Crippen LogP contribution in [0, 0.1) is 0 Å². The lowest BCUT2D eigenvalue weighted by Gasteiger charge is -2.23. The predicted octanol–water partition coefficient (Wildman–Crippen LogP) is 4.49. The maximum atomic E-state index is 12.1. The summed E-state index contributed by atoms with van der Waals surface area (Å²) in [4.78, 5) is 15.7. The Morgan fingerprint density at radius 1 is 1.32 bits per heavy atom. The van der Waals surface area contributed by atoms with Crippen LogP contribution in [0.2, 0.25) is 0 Å². The Bertz CT molecular complexity index is 608. The van der Waals surface area contributed by atoms with Crippen LogP contribution in [0.3, 0.4) is 0 Å². The number of anilines is 1. The minimum atomic E-state index is 0.269. The second-order valence-electron chi connectivity index (χ2n) is 4.70. The Morgan fingerprint density at radius 2 is 2.16 bits per heavy atom. The van der Waals surface area contributed by atoms with Gasteiger partial charge in [0.15, 0.2) is 5.78 Å². The van der Waals surface area contributed by atoms with Gasteiger partial charge in [-0.3, -0.25) is 4.79 Å². The third-order valence-corrected chi connectivity index (χ3v) is 5.03. The zero-order valence-corrected chi connectivity index (χ0v) is 12.8. The first kappa shape index (κ1) is 12.9. The Balaban J connectivity index is 1.93. The van der Waals surface area contributed by atoms with Gasteiger partial charge in [-0.1, -0.05) is 12.1 Å². The monoisotopic (exact) mass is 335 g/mol. The summed E-state index contributed by atoms with van der Waals surface area (Å²) >= 11 is 5.24. The standard InChI is InChI=1S/C15H14BrNOS/c16-11-8-12(19-10-11)9-17-7-3-6-15(18)13-4-1-2-5-14(13)17/h1-2,4-5,8,10H,3,6-7,9H2. The van der Waals surface area contributed by atoms with Crippen molar-refractivity contribution in [3.8, 4) is 0 Å². The second kappa shape index (κ2) is 5.47. The summed E-state index contributed by atoms with van der Waals surface area (Å²) in [5.41, 5.74) is 1.95. The van der Waals surface area contributed by atoms with Gasteiger partial charge >= 0.3 is 0 Å². The highest BCUT2D eigenvalue weighted by atomic mass is 79.9. The van der Waals surface area contributed by atoms with Gasteiger partial charge in [0.1, 0.15) is 0 Å². The van der Waals surface area contributed by atoms with Crippen LogP contribution in [0.1, 0.15) is 28.1 Å². The molecular weight excluding hydrogens is 322 g/mol. The maximum absolute atomic E-state index is 12.1. The summed E-state index contributed by atoms with van der Waals surface area (Å²) in [6.07, 6.45) is 1.59. The van der Waals surface area contributed by atoms with E-state index in [2.05, 4.69) is 38.3 Å². The van der Waals surface area contributed by atoms with E-state index < -0.39 is 0 Å². The molecule has 0 atom stereocenters. The number of halogens is 1. The third kappa shape index (κ3) is 2.74. The Kier molecular flexibility index (Phi) is 3.71. The molecule has 0 N–H and O–H groups in total. The molecule has 0 spiro atoms. The van der Waals surface area contributed by atoms with Gasteiger partial charge in [0, 0.05) is 38.9 Å². The number of carbonyl (C=O) groups excluding carboxylic acids is 1. The molecule has 4 heteroatoms. The largest absolute Gasteiger partial charge is 0.366 e. The Labute approximate surface area is 125 Å². The lowest BCUT2D eigenvalue weighted by atomic mass is 10.1. The van der Waals surface area contributed by atoms with Crippen molar-refractivity contribution in [3.05, 3.63) is 50.6 Å². The number of rotatable bonds is 2. The summed E-state index contributed by atoms with van der Waals surface area (Å²) < 4.78 is 1.13. The molecule has 1 aromatic carbocycles. The van der Waals surface area contributed by atoms with Gasteiger partial charge in [-0.05, 0) is 40.5 Å². The lowest BCUT2D eigenvalue weighted by Crippen LogP contribution is -2.22. The van der Waals surface area contributed by atoms with E-state index in [0.717, 1.165) is 35.2 Å². The number of para-hydroxylation sites is 1. The van der Waals surface area contributed by atoms with E-state index >= 15 is 0 Å². The first-order valence-corrected chi connectivity index (χ1v) is 8.01. The van der Waals surface area contributed by atoms with Crippen molar-refractivity contribution in [1.82, 2.24) is 0 Å². The van der Waals surface area contributed by atoms with Crippen molar-refractivity contribution < 1.29 is 4.79 Å². The molecule has 0 bridgehead atoms. The number of carbonyl (C=O) groups is 1. The molecule has 0 saturated heterocycles. The molecule has 0 saturated carbocycles. The van der Waals surface area contributed by atoms with Gasteiger partial charge in [-0.15, -0.1) is 11.3 Å². The van der Waals surface area contributed by atoms with E-state index in [0.29, 0.717) is 6.42 Å². The van der Waals surface area contributed by atoms with E-state index in [-0.39, 0.29) is 5.78 Å². The minimum absolute atomic E-state index is 0.269. The first-order chi connectivity index (χ1) is 9.24. The van der Waals surface area contributed by atoms with Gasteiger partial charge in [-0.2, -0.15) is 0 Å². The molecule has 1 aliphatic heterocycles. The van der Waals surface area contributed by atoms with Crippen molar-refractivity contribution in [2.24, 2.45) is 0 Å². The van der Waals surface area contributed by atoms with Crippen LogP contribution in [-0.4, -0.2) is 12.3 Å². The molecule has 0 fully saturated rings. The quantitative estimate of drug-likeness (QED) is 0.805. The predicted molar refractivity (Wildman–Crippen MR) is 83.1 cm³/mol. The van der Waals surface area contributed by atoms with Crippen LogP contribution in [0.15, 0.2) is 40.2 Å². The highest BCUT2D eigenvalue weighted by molar-refractivity contribution is 9.10. The first-order valence-electron chi connectivity index (χ1n) is 6.34. The summed E-state index contributed by atoms with van der Waals surface area (Å²) in [6, 6.07) is 10.1. The number of Topliss-reactive ketones (excluding diaryl/α,β-unsaturated/α-hetero) is 1. The van der Waals surface area contributed by atoms with Crippen LogP contribution < -0.4 is 4.90 Å². The fourth-order valence-corrected chi connectivity index (χ4v) is 3.93. The number of hydrogen-bond acceptors (Lipinski definition) is 3. The van der Waals surface area contributed by atoms with Gasteiger partial charge in [0.2, 0.25) is 0 Å². The topological polar surface area (TPSA) is 20.3 Å². The van der Waals surface area contributed by atoms with Crippen LogP contribution in [0.5, 0.6) is 0 Å². The minimum Gasteiger partial charge on any atom is -0.366 e. The summed E-state index contributed by atoms with van der Waals surface area (Å²) in [5, 5.41) is 2.10. The number of thiophene rings is 1. The molecule has 0 unspecified atom stereocenters. The van der Waals surface area contributed by atoms with Crippen LogP contribution in [0.4, 0.5) is 5.69 Å². The van der Waals surface area contributed by atoms with Crippen molar-refractivity contribution in [2.75, 3.05) is 11.4 Å². The normalized spacial score (nSPS) is 15.2. The van der Waals surface area contributed by atoms with E-state index in [1.54, 1.807) is 11.3 Å². The van der Waals surface area contributed by atoms with Gasteiger partial charge in [-0.25, -0.2) is 0 Å². The molecule has 2 aromatic rings. The highest BCUT2D eigenvalue weighted by Crippen LogP contribution is 2.29. The van der Waals surface area contributed by atoms with E-state index in [1.165, 1.54) is 4.88 Å². The smallest absolute Gasteiger partial charge is 0.165 e. The Hall–Kier alpha value is -1.13. The zero-order chi connectivity index (χ0) is 13.2. The average molecular weight is 336 g/mol. The Morgan fingerprint density at radius 3 is 2.95 bits per heavy atom. The molecule has 2 heterocycles. The molecule has 98 valence electrons.